The van der Waals surface area contributed by atoms with Gasteiger partial charge in [0.15, 0.2) is 22.7 Å². The molecule has 174 valence electrons. The van der Waals surface area contributed by atoms with Gasteiger partial charge in [0.2, 0.25) is 5.91 Å². The van der Waals surface area contributed by atoms with Gasteiger partial charge in [-0.2, -0.15) is 5.10 Å². The van der Waals surface area contributed by atoms with Crippen LogP contribution in [0.3, 0.4) is 0 Å². The van der Waals surface area contributed by atoms with Crippen molar-refractivity contribution in [1.82, 2.24) is 20.3 Å². The molecule has 0 saturated heterocycles. The van der Waals surface area contributed by atoms with Gasteiger partial charge < -0.3 is 24.1 Å². The molecule has 0 aliphatic heterocycles. The van der Waals surface area contributed by atoms with Crippen LogP contribution < -0.4 is 20.3 Å². The number of methoxy groups -OCH3 is 3. The molecule has 0 radical (unpaired) electrons. The van der Waals surface area contributed by atoms with E-state index in [1.807, 2.05) is 12.1 Å². The van der Waals surface area contributed by atoms with Crippen LogP contribution in [0, 0.1) is 0 Å². The second kappa shape index (κ2) is 9.31. The third-order valence-corrected chi connectivity index (χ3v) is 5.42. The zero-order chi connectivity index (χ0) is 23.5. The first-order chi connectivity index (χ1) is 16.0. The first-order valence-electron chi connectivity index (χ1n) is 10.4. The van der Waals surface area contributed by atoms with Crippen molar-refractivity contribution in [2.45, 2.75) is 31.7 Å². The number of esters is 1. The summed E-state index contributed by atoms with van der Waals surface area (Å²) in [4.78, 5) is 37.6. The molecular formula is C22H24N4O7. The molecule has 11 heteroatoms. The van der Waals surface area contributed by atoms with Crippen molar-refractivity contribution in [1.29, 1.82) is 0 Å². The molecule has 0 atom stereocenters. The second-order valence-corrected chi connectivity index (χ2v) is 7.64. The van der Waals surface area contributed by atoms with Crippen LogP contribution in [0.4, 0.5) is 0 Å². The van der Waals surface area contributed by atoms with Gasteiger partial charge in [-0.1, -0.05) is 11.2 Å². The average molecular weight is 456 g/mol. The molecule has 1 saturated carbocycles. The molecular weight excluding hydrogens is 432 g/mol. The first kappa shape index (κ1) is 22.3. The summed E-state index contributed by atoms with van der Waals surface area (Å²) in [7, 11) is 4.33. The lowest BCUT2D eigenvalue weighted by Gasteiger charge is -2.11. The Labute approximate surface area is 188 Å². The summed E-state index contributed by atoms with van der Waals surface area (Å²) in [5.74, 6) is 0.611. The summed E-state index contributed by atoms with van der Waals surface area (Å²) >= 11 is 0. The minimum Gasteiger partial charge on any atom is -0.493 e. The van der Waals surface area contributed by atoms with E-state index in [0.717, 1.165) is 23.1 Å². The van der Waals surface area contributed by atoms with Gasteiger partial charge >= 0.3 is 5.97 Å². The summed E-state index contributed by atoms with van der Waals surface area (Å²) in [6.07, 6.45) is 2.31. The maximum Gasteiger partial charge on any atom is 0.359 e. The molecule has 1 fully saturated rings. The first-order valence-corrected chi connectivity index (χ1v) is 10.4. The van der Waals surface area contributed by atoms with Gasteiger partial charge in [0.25, 0.3) is 5.56 Å². The molecule has 11 nitrogen and oxygen atoms in total. The van der Waals surface area contributed by atoms with Crippen LogP contribution in [0.25, 0.3) is 10.9 Å². The van der Waals surface area contributed by atoms with Crippen LogP contribution in [0.1, 0.15) is 40.6 Å². The summed E-state index contributed by atoms with van der Waals surface area (Å²) in [5.41, 5.74) is 0.204. The van der Waals surface area contributed by atoms with Gasteiger partial charge in [-0.3, -0.25) is 9.59 Å². The lowest BCUT2D eigenvalue weighted by Crippen LogP contribution is -2.35. The van der Waals surface area contributed by atoms with Crippen LogP contribution in [-0.4, -0.2) is 54.7 Å². The molecule has 1 aromatic carbocycles. The van der Waals surface area contributed by atoms with Crippen molar-refractivity contribution < 1.29 is 28.3 Å². The molecule has 0 bridgehead atoms. The van der Waals surface area contributed by atoms with Crippen LogP contribution >= 0.6 is 0 Å². The number of nitrogens with zero attached hydrogens (tertiary/aromatic N) is 3. The fraction of sp³-hybridized carbons (Fsp3) is 0.409. The number of ether oxygens (including phenoxy) is 3. The van der Waals surface area contributed by atoms with E-state index in [9.17, 15) is 14.4 Å². The number of fused-ring (bicyclic) bond motifs is 1. The van der Waals surface area contributed by atoms with E-state index in [-0.39, 0.29) is 29.1 Å². The monoisotopic (exact) mass is 456 g/mol. The van der Waals surface area contributed by atoms with Crippen LogP contribution in [-0.2, 0) is 22.5 Å². The lowest BCUT2D eigenvalue weighted by molar-refractivity contribution is -0.121. The zero-order valence-electron chi connectivity index (χ0n) is 18.5. The average Bonchev–Trinajstić information content (AvgIpc) is 3.58. The van der Waals surface area contributed by atoms with Crippen molar-refractivity contribution in [3.8, 4) is 11.5 Å². The number of hydrogen-bond acceptors (Lipinski definition) is 9. The third kappa shape index (κ3) is 4.52. The number of carbonyl (C=O) groups is 2. The maximum absolute atomic E-state index is 12.8. The number of amides is 1. The van der Waals surface area contributed by atoms with Gasteiger partial charge in [0, 0.05) is 12.5 Å². The number of hydrogen-bond donors (Lipinski definition) is 1. The lowest BCUT2D eigenvalue weighted by atomic mass is 10.1. The highest BCUT2D eigenvalue weighted by Gasteiger charge is 2.34. The van der Waals surface area contributed by atoms with Gasteiger partial charge in [-0.25, -0.2) is 9.48 Å². The van der Waals surface area contributed by atoms with Crippen molar-refractivity contribution in [3.63, 3.8) is 0 Å². The Kier molecular flexibility index (Phi) is 6.29. The topological polar surface area (TPSA) is 135 Å². The number of rotatable bonds is 9. The van der Waals surface area contributed by atoms with Crippen molar-refractivity contribution in [2.75, 3.05) is 27.9 Å². The van der Waals surface area contributed by atoms with E-state index >= 15 is 0 Å². The SMILES string of the molecule is COC(=O)c1nn(CC(=O)NCCc2ccc(OC)c(OC)c2)c(=O)c2noc(C3CC3)c12. The number of carbonyl (C=O) groups excluding carboxylic acids is 2. The highest BCUT2D eigenvalue weighted by Crippen LogP contribution is 2.43. The predicted octanol–water partition coefficient (Wildman–Crippen LogP) is 1.42. The number of aromatic nitrogens is 3. The zero-order valence-corrected chi connectivity index (χ0v) is 18.5. The minimum absolute atomic E-state index is 0.0366. The smallest absolute Gasteiger partial charge is 0.359 e. The number of benzene rings is 1. The van der Waals surface area contributed by atoms with Gasteiger partial charge in [0.1, 0.15) is 12.3 Å². The predicted molar refractivity (Wildman–Crippen MR) is 116 cm³/mol. The summed E-state index contributed by atoms with van der Waals surface area (Å²) in [6, 6.07) is 5.49. The Balaban J connectivity index is 1.48. The number of nitrogens with one attached hydrogen (secondary N) is 1. The normalized spacial score (nSPS) is 13.1. The van der Waals surface area contributed by atoms with Gasteiger partial charge in [-0.05, 0) is 37.0 Å². The van der Waals surface area contributed by atoms with E-state index in [1.165, 1.54) is 7.11 Å². The standard InChI is InChI=1S/C22H24N4O7/c1-30-14-7-4-12(10-15(14)31-2)8-9-23-16(27)11-26-21(28)18-17(19(24-26)22(29)32-3)20(33-25-18)13-5-6-13/h4,7,10,13H,5-6,8-9,11H2,1-3H3,(H,23,27). The Morgan fingerprint density at radius 3 is 2.61 bits per heavy atom. The van der Waals surface area contributed by atoms with E-state index in [4.69, 9.17) is 18.7 Å². The molecule has 4 rings (SSSR count). The minimum atomic E-state index is -0.729. The highest BCUT2D eigenvalue weighted by molar-refractivity contribution is 6.02. The largest absolute Gasteiger partial charge is 0.493 e. The maximum atomic E-state index is 12.8. The molecule has 3 aromatic rings. The molecule has 2 heterocycles. The Bertz CT molecular complexity index is 1260. The summed E-state index contributed by atoms with van der Waals surface area (Å²) in [6.45, 7) is -0.0543. The van der Waals surface area contributed by atoms with Crippen molar-refractivity contribution in [3.05, 3.63) is 45.6 Å². The Morgan fingerprint density at radius 2 is 1.94 bits per heavy atom. The summed E-state index contributed by atoms with van der Waals surface area (Å²) < 4.78 is 21.5. The van der Waals surface area contributed by atoms with Crippen molar-refractivity contribution in [2.24, 2.45) is 0 Å². The van der Waals surface area contributed by atoms with E-state index < -0.39 is 17.4 Å². The Hall–Kier alpha value is -3.89. The fourth-order valence-electron chi connectivity index (χ4n) is 3.56. The molecule has 33 heavy (non-hydrogen) atoms. The van der Waals surface area contributed by atoms with Crippen molar-refractivity contribution >= 4 is 22.8 Å². The third-order valence-electron chi connectivity index (χ3n) is 5.42. The quantitative estimate of drug-likeness (QED) is 0.474. The molecule has 0 spiro atoms. The van der Waals surface area contributed by atoms with Crippen LogP contribution in [0.15, 0.2) is 27.5 Å². The molecule has 0 unspecified atom stereocenters. The molecule has 1 amide bonds. The Morgan fingerprint density at radius 1 is 1.18 bits per heavy atom. The highest BCUT2D eigenvalue weighted by atomic mass is 16.5. The van der Waals surface area contributed by atoms with Gasteiger partial charge in [-0.15, -0.1) is 0 Å². The molecule has 1 N–H and O–H groups in total. The second-order valence-electron chi connectivity index (χ2n) is 7.64. The molecule has 1 aliphatic rings. The molecule has 2 aromatic heterocycles. The van der Waals surface area contributed by atoms with Gasteiger partial charge in [0.05, 0.1) is 26.7 Å². The molecule has 1 aliphatic carbocycles. The van der Waals surface area contributed by atoms with Crippen LogP contribution in [0.2, 0.25) is 0 Å². The summed E-state index contributed by atoms with van der Waals surface area (Å²) in [5, 5.41) is 11.0. The van der Waals surface area contributed by atoms with E-state index in [0.29, 0.717) is 30.2 Å². The van der Waals surface area contributed by atoms with Crippen LogP contribution in [0.5, 0.6) is 11.5 Å². The van der Waals surface area contributed by atoms with E-state index in [2.05, 4.69) is 15.6 Å². The fourth-order valence-corrected chi connectivity index (χ4v) is 3.56. The van der Waals surface area contributed by atoms with E-state index in [1.54, 1.807) is 20.3 Å².